The number of hydrogen-bond donors (Lipinski definition) is 3. The molecule has 6 nitrogen and oxygen atoms in total. The minimum atomic E-state index is -3.93. The van der Waals surface area contributed by atoms with Gasteiger partial charge in [-0.15, -0.1) is 11.8 Å². The molecular formula is C23H19NO5S2. The van der Waals surface area contributed by atoms with Gasteiger partial charge in [0, 0.05) is 10.8 Å². The number of carboxylic acids is 1. The Balaban J connectivity index is 1.80. The zero-order valence-electron chi connectivity index (χ0n) is 16.4. The molecule has 31 heavy (non-hydrogen) atoms. The number of thioether (sulfide) groups is 1. The van der Waals surface area contributed by atoms with Crippen LogP contribution in [0.2, 0.25) is 0 Å². The number of anilines is 1. The van der Waals surface area contributed by atoms with Gasteiger partial charge in [0.05, 0.1) is 15.5 Å². The van der Waals surface area contributed by atoms with Crippen LogP contribution in [-0.4, -0.2) is 29.9 Å². The number of benzene rings is 4. The van der Waals surface area contributed by atoms with Crippen molar-refractivity contribution in [2.24, 2.45) is 0 Å². The van der Waals surface area contributed by atoms with Crippen LogP contribution in [0.3, 0.4) is 0 Å². The van der Waals surface area contributed by atoms with Crippen LogP contribution in [0, 0.1) is 0 Å². The summed E-state index contributed by atoms with van der Waals surface area (Å²) in [7, 11) is -3.93. The minimum Gasteiger partial charge on any atom is -0.506 e. The van der Waals surface area contributed by atoms with Crippen molar-refractivity contribution in [2.45, 2.75) is 22.0 Å². The summed E-state index contributed by atoms with van der Waals surface area (Å²) in [5.74, 6) is -1.11. The molecule has 1 unspecified atom stereocenters. The Hall–Kier alpha value is -3.23. The summed E-state index contributed by atoms with van der Waals surface area (Å²) < 4.78 is 28.9. The van der Waals surface area contributed by atoms with Gasteiger partial charge in [-0.25, -0.2) is 8.42 Å². The molecule has 0 saturated heterocycles. The number of fused-ring (bicyclic) bond motifs is 2. The van der Waals surface area contributed by atoms with Crippen LogP contribution in [0.4, 0.5) is 5.69 Å². The molecule has 1 atom stereocenters. The highest BCUT2D eigenvalue weighted by Gasteiger charge is 2.21. The molecule has 0 radical (unpaired) electrons. The summed E-state index contributed by atoms with van der Waals surface area (Å²) in [6.07, 6.45) is 0. The molecule has 0 aliphatic heterocycles. The fraction of sp³-hybridized carbons (Fsp3) is 0.0870. The van der Waals surface area contributed by atoms with Crippen LogP contribution in [0.25, 0.3) is 21.5 Å². The number of phenolic OH excluding ortho intramolecular Hbond substituents is 1. The van der Waals surface area contributed by atoms with Crippen molar-refractivity contribution in [1.82, 2.24) is 0 Å². The number of phenols is 1. The standard InChI is InChI=1S/C23H19NO5S2/c1-14(23(26)27)30-21-13-20(18-8-4-5-9-19(18)22(21)25)24-31(28,29)17-11-10-15-6-2-3-7-16(15)12-17/h2-14,24-25H,1H3,(H,26,27). The summed E-state index contributed by atoms with van der Waals surface area (Å²) in [4.78, 5) is 11.7. The molecule has 3 N–H and O–H groups in total. The van der Waals surface area contributed by atoms with Gasteiger partial charge in [-0.1, -0.05) is 54.6 Å². The lowest BCUT2D eigenvalue weighted by Gasteiger charge is -2.16. The number of hydrogen-bond acceptors (Lipinski definition) is 5. The summed E-state index contributed by atoms with van der Waals surface area (Å²) in [5, 5.41) is 21.7. The van der Waals surface area contributed by atoms with Crippen molar-refractivity contribution < 1.29 is 23.4 Å². The van der Waals surface area contributed by atoms with E-state index in [9.17, 15) is 23.4 Å². The number of sulfonamides is 1. The van der Waals surface area contributed by atoms with E-state index < -0.39 is 21.2 Å². The third-order valence-electron chi connectivity index (χ3n) is 4.91. The van der Waals surface area contributed by atoms with E-state index in [1.165, 1.54) is 19.1 Å². The molecule has 4 aromatic carbocycles. The van der Waals surface area contributed by atoms with Crippen molar-refractivity contribution >= 4 is 55.0 Å². The smallest absolute Gasteiger partial charge is 0.316 e. The van der Waals surface area contributed by atoms with Crippen LogP contribution in [-0.2, 0) is 14.8 Å². The second-order valence-electron chi connectivity index (χ2n) is 7.03. The maximum absolute atomic E-state index is 13.1. The van der Waals surface area contributed by atoms with E-state index >= 15 is 0 Å². The Morgan fingerprint density at radius 2 is 1.58 bits per heavy atom. The lowest BCUT2D eigenvalue weighted by Crippen LogP contribution is -2.14. The Bertz CT molecular complexity index is 1420. The number of carbonyl (C=O) groups is 1. The van der Waals surface area contributed by atoms with Gasteiger partial charge in [0.2, 0.25) is 0 Å². The lowest BCUT2D eigenvalue weighted by molar-refractivity contribution is -0.136. The van der Waals surface area contributed by atoms with Crippen LogP contribution >= 0.6 is 11.8 Å². The molecule has 0 aliphatic rings. The van der Waals surface area contributed by atoms with Crippen molar-refractivity contribution in [3.05, 3.63) is 72.8 Å². The summed E-state index contributed by atoms with van der Waals surface area (Å²) in [6.45, 7) is 1.50. The fourth-order valence-corrected chi connectivity index (χ4v) is 5.28. The Labute approximate surface area is 183 Å². The highest BCUT2D eigenvalue weighted by Crippen LogP contribution is 2.41. The minimum absolute atomic E-state index is 0.0812. The van der Waals surface area contributed by atoms with E-state index in [1.54, 1.807) is 36.4 Å². The summed E-state index contributed by atoms with van der Waals surface area (Å²) in [6, 6.07) is 20.6. The average molecular weight is 454 g/mol. The SMILES string of the molecule is CC(Sc1cc(NS(=O)(=O)c2ccc3ccccc3c2)c2ccccc2c1O)C(=O)O. The summed E-state index contributed by atoms with van der Waals surface area (Å²) >= 11 is 0.947. The quantitative estimate of drug-likeness (QED) is 0.278. The van der Waals surface area contributed by atoms with Crippen molar-refractivity contribution in [3.8, 4) is 5.75 Å². The predicted octanol–water partition coefficient (Wildman–Crippen LogP) is 5.06. The van der Waals surface area contributed by atoms with E-state index in [-0.39, 0.29) is 21.2 Å². The first-order valence-electron chi connectivity index (χ1n) is 9.42. The Morgan fingerprint density at radius 1 is 0.935 bits per heavy atom. The van der Waals surface area contributed by atoms with E-state index in [0.29, 0.717) is 10.8 Å². The molecule has 0 amide bonds. The van der Waals surface area contributed by atoms with E-state index in [1.807, 2.05) is 24.3 Å². The molecule has 0 heterocycles. The number of carboxylic acid groups (broad SMARTS) is 1. The van der Waals surface area contributed by atoms with Crippen LogP contribution < -0.4 is 4.72 Å². The number of rotatable bonds is 6. The van der Waals surface area contributed by atoms with Gasteiger partial charge in [-0.3, -0.25) is 9.52 Å². The monoisotopic (exact) mass is 453 g/mol. The van der Waals surface area contributed by atoms with Crippen molar-refractivity contribution in [1.29, 1.82) is 0 Å². The molecule has 0 saturated carbocycles. The molecule has 158 valence electrons. The van der Waals surface area contributed by atoms with Crippen molar-refractivity contribution in [2.75, 3.05) is 4.72 Å². The average Bonchev–Trinajstić information content (AvgIpc) is 2.76. The second-order valence-corrected chi connectivity index (χ2v) is 10.1. The molecule has 0 aromatic heterocycles. The molecule has 0 bridgehead atoms. The highest BCUT2D eigenvalue weighted by molar-refractivity contribution is 8.00. The molecule has 0 spiro atoms. The van der Waals surface area contributed by atoms with Crippen LogP contribution in [0.5, 0.6) is 5.75 Å². The van der Waals surface area contributed by atoms with Crippen LogP contribution in [0.15, 0.2) is 82.6 Å². The first-order valence-corrected chi connectivity index (χ1v) is 11.8. The first kappa shape index (κ1) is 21.0. The van der Waals surface area contributed by atoms with Crippen LogP contribution in [0.1, 0.15) is 6.92 Å². The number of aliphatic carboxylic acids is 1. The topological polar surface area (TPSA) is 104 Å². The van der Waals surface area contributed by atoms with Crippen molar-refractivity contribution in [3.63, 3.8) is 0 Å². The van der Waals surface area contributed by atoms with Gasteiger partial charge in [0.25, 0.3) is 10.0 Å². The highest BCUT2D eigenvalue weighted by atomic mass is 32.2. The zero-order valence-corrected chi connectivity index (χ0v) is 18.1. The molecule has 0 aliphatic carbocycles. The lowest BCUT2D eigenvalue weighted by atomic mass is 10.1. The third-order valence-corrected chi connectivity index (χ3v) is 7.39. The molecular weight excluding hydrogens is 434 g/mol. The normalized spacial score (nSPS) is 12.7. The van der Waals surface area contributed by atoms with E-state index in [0.717, 1.165) is 22.5 Å². The Kier molecular flexibility index (Phi) is 5.51. The Morgan fingerprint density at radius 3 is 2.29 bits per heavy atom. The van der Waals surface area contributed by atoms with E-state index in [2.05, 4.69) is 4.72 Å². The largest absolute Gasteiger partial charge is 0.506 e. The van der Waals surface area contributed by atoms with E-state index in [4.69, 9.17) is 0 Å². The predicted molar refractivity (Wildman–Crippen MR) is 123 cm³/mol. The fourth-order valence-electron chi connectivity index (χ4n) is 3.29. The molecule has 0 fully saturated rings. The number of aromatic hydroxyl groups is 1. The molecule has 4 rings (SSSR count). The third kappa shape index (κ3) is 4.17. The van der Waals surface area contributed by atoms with Gasteiger partial charge in [-0.05, 0) is 35.9 Å². The zero-order chi connectivity index (χ0) is 22.2. The van der Waals surface area contributed by atoms with Gasteiger partial charge in [-0.2, -0.15) is 0 Å². The molecule has 4 aromatic rings. The van der Waals surface area contributed by atoms with Gasteiger partial charge >= 0.3 is 5.97 Å². The second kappa shape index (κ2) is 8.13. The first-order chi connectivity index (χ1) is 14.8. The maximum atomic E-state index is 13.1. The maximum Gasteiger partial charge on any atom is 0.316 e. The van der Waals surface area contributed by atoms with Gasteiger partial charge in [0.1, 0.15) is 11.0 Å². The van der Waals surface area contributed by atoms with Gasteiger partial charge < -0.3 is 10.2 Å². The summed E-state index contributed by atoms with van der Waals surface area (Å²) in [5.41, 5.74) is 0.265. The molecule has 8 heteroatoms. The number of nitrogens with one attached hydrogen (secondary N) is 1. The van der Waals surface area contributed by atoms with Gasteiger partial charge in [0.15, 0.2) is 0 Å².